The topological polar surface area (TPSA) is 91.4 Å². The highest BCUT2D eigenvalue weighted by atomic mass is 79.9. The molecule has 1 unspecified atom stereocenters. The first-order chi connectivity index (χ1) is 15.4. The average Bonchev–Trinajstić information content (AvgIpc) is 3.20. The molecule has 0 saturated carbocycles. The third-order valence-corrected chi connectivity index (χ3v) is 7.57. The molecule has 0 spiro atoms. The lowest BCUT2D eigenvalue weighted by Gasteiger charge is -2.34. The maximum absolute atomic E-state index is 13.2. The van der Waals surface area contributed by atoms with Crippen molar-refractivity contribution in [1.82, 2.24) is 15.2 Å². The number of likely N-dealkylation sites (tertiary alicyclic amines) is 1. The summed E-state index contributed by atoms with van der Waals surface area (Å²) in [5.74, 6) is 0.202. The molecule has 2 aromatic rings. The number of thiazole rings is 1. The number of aryl methyl sites for hydroxylation is 1. The van der Waals surface area contributed by atoms with Crippen LogP contribution >= 0.6 is 39.0 Å². The summed E-state index contributed by atoms with van der Waals surface area (Å²) in [4.78, 5) is 44.6. The first-order valence-corrected chi connectivity index (χ1v) is 13.5. The van der Waals surface area contributed by atoms with Crippen LogP contribution < -0.4 is 10.6 Å². The van der Waals surface area contributed by atoms with Crippen molar-refractivity contribution in [3.63, 3.8) is 0 Å². The van der Waals surface area contributed by atoms with Gasteiger partial charge in [0.15, 0.2) is 5.13 Å². The van der Waals surface area contributed by atoms with E-state index in [4.69, 9.17) is 0 Å². The van der Waals surface area contributed by atoms with E-state index in [0.717, 1.165) is 11.4 Å². The van der Waals surface area contributed by atoms with E-state index in [2.05, 4.69) is 31.5 Å². The summed E-state index contributed by atoms with van der Waals surface area (Å²) in [6.45, 7) is 2.88. The molecule has 0 bridgehead atoms. The zero-order chi connectivity index (χ0) is 23.1. The number of rotatable bonds is 8. The van der Waals surface area contributed by atoms with Gasteiger partial charge >= 0.3 is 0 Å². The van der Waals surface area contributed by atoms with Gasteiger partial charge in [0.2, 0.25) is 11.8 Å². The average molecular weight is 540 g/mol. The molecule has 1 atom stereocenters. The molecule has 1 aliphatic heterocycles. The number of anilines is 1. The zero-order valence-corrected chi connectivity index (χ0v) is 21.3. The number of hydrogen-bond donors (Lipinski definition) is 2. The van der Waals surface area contributed by atoms with E-state index in [1.807, 2.05) is 24.6 Å². The quantitative estimate of drug-likeness (QED) is 0.531. The molecule has 7 nitrogen and oxygen atoms in total. The molecule has 1 saturated heterocycles. The molecule has 1 fully saturated rings. The van der Waals surface area contributed by atoms with Gasteiger partial charge < -0.3 is 15.5 Å². The minimum absolute atomic E-state index is 0.0485. The molecule has 172 valence electrons. The van der Waals surface area contributed by atoms with Crippen molar-refractivity contribution in [2.24, 2.45) is 5.92 Å². The number of aromatic nitrogens is 1. The van der Waals surface area contributed by atoms with Crippen molar-refractivity contribution in [3.8, 4) is 0 Å². The standard InChI is InChI=1S/C22H27BrN4O3S2/c1-14-13-32-22(24-14)26-19(28)15-7-10-27(11-8-15)21(30)18(9-12-31-2)25-20(29)16-5-3-4-6-17(16)23/h3-6,13,15,18H,7-12H2,1-2H3,(H,25,29)(H,24,26,28). The van der Waals surface area contributed by atoms with Crippen molar-refractivity contribution in [1.29, 1.82) is 0 Å². The van der Waals surface area contributed by atoms with E-state index >= 15 is 0 Å². The number of piperidine rings is 1. The number of thioether (sulfide) groups is 1. The van der Waals surface area contributed by atoms with Crippen LogP contribution in [0.3, 0.4) is 0 Å². The largest absolute Gasteiger partial charge is 0.341 e. The van der Waals surface area contributed by atoms with Gasteiger partial charge in [-0.15, -0.1) is 11.3 Å². The third-order valence-electron chi connectivity index (χ3n) is 5.36. The Kier molecular flexibility index (Phi) is 9.12. The maximum Gasteiger partial charge on any atom is 0.253 e. The normalized spacial score (nSPS) is 15.3. The van der Waals surface area contributed by atoms with Crippen LogP contribution in [0.1, 0.15) is 35.3 Å². The van der Waals surface area contributed by atoms with Gasteiger partial charge in [0.05, 0.1) is 11.3 Å². The summed E-state index contributed by atoms with van der Waals surface area (Å²) in [5.41, 5.74) is 1.38. The molecule has 10 heteroatoms. The van der Waals surface area contributed by atoms with Gasteiger partial charge in [-0.05, 0) is 66.3 Å². The second-order valence-electron chi connectivity index (χ2n) is 7.67. The summed E-state index contributed by atoms with van der Waals surface area (Å²) in [7, 11) is 0. The first kappa shape index (κ1) is 24.7. The smallest absolute Gasteiger partial charge is 0.253 e. The first-order valence-electron chi connectivity index (χ1n) is 10.4. The molecule has 1 aromatic carbocycles. The van der Waals surface area contributed by atoms with Crippen LogP contribution in [0.25, 0.3) is 0 Å². The van der Waals surface area contributed by atoms with Gasteiger partial charge in [-0.3, -0.25) is 14.4 Å². The molecule has 1 aliphatic rings. The van der Waals surface area contributed by atoms with Crippen molar-refractivity contribution >= 4 is 61.9 Å². The van der Waals surface area contributed by atoms with Crippen LogP contribution in [0, 0.1) is 12.8 Å². The van der Waals surface area contributed by atoms with Crippen LogP contribution in [-0.2, 0) is 9.59 Å². The van der Waals surface area contributed by atoms with Gasteiger partial charge in [0.1, 0.15) is 6.04 Å². The van der Waals surface area contributed by atoms with E-state index in [1.54, 1.807) is 34.9 Å². The minimum atomic E-state index is -0.592. The Morgan fingerprint density at radius 1 is 1.28 bits per heavy atom. The molecule has 32 heavy (non-hydrogen) atoms. The van der Waals surface area contributed by atoms with Gasteiger partial charge in [0, 0.05) is 28.9 Å². The number of nitrogens with zero attached hydrogens (tertiary/aromatic N) is 2. The second kappa shape index (κ2) is 11.8. The second-order valence-corrected chi connectivity index (χ2v) is 10.4. The predicted octanol–water partition coefficient (Wildman–Crippen LogP) is 3.94. The van der Waals surface area contributed by atoms with Gasteiger partial charge in [0.25, 0.3) is 5.91 Å². The Morgan fingerprint density at radius 2 is 2.00 bits per heavy atom. The van der Waals surface area contributed by atoms with Crippen molar-refractivity contribution < 1.29 is 14.4 Å². The van der Waals surface area contributed by atoms with Crippen LogP contribution in [-0.4, -0.2) is 58.7 Å². The summed E-state index contributed by atoms with van der Waals surface area (Å²) < 4.78 is 0.691. The molecular weight excluding hydrogens is 512 g/mol. The van der Waals surface area contributed by atoms with Crippen LogP contribution in [0.2, 0.25) is 0 Å². The molecular formula is C22H27BrN4O3S2. The summed E-state index contributed by atoms with van der Waals surface area (Å²) >= 11 is 6.44. The Balaban J connectivity index is 1.58. The fourth-order valence-corrected chi connectivity index (χ4v) is 5.20. The van der Waals surface area contributed by atoms with Gasteiger partial charge in [-0.1, -0.05) is 12.1 Å². The minimum Gasteiger partial charge on any atom is -0.341 e. The van der Waals surface area contributed by atoms with Crippen LogP contribution in [0.15, 0.2) is 34.1 Å². The van der Waals surface area contributed by atoms with E-state index in [-0.39, 0.29) is 23.6 Å². The fourth-order valence-electron chi connectivity index (χ4n) is 3.58. The van der Waals surface area contributed by atoms with E-state index in [9.17, 15) is 14.4 Å². The highest BCUT2D eigenvalue weighted by Gasteiger charge is 2.32. The van der Waals surface area contributed by atoms with Crippen molar-refractivity contribution in [3.05, 3.63) is 45.4 Å². The zero-order valence-electron chi connectivity index (χ0n) is 18.1. The number of halogens is 1. The van der Waals surface area contributed by atoms with Crippen molar-refractivity contribution in [2.45, 2.75) is 32.2 Å². The molecule has 3 amide bonds. The van der Waals surface area contributed by atoms with E-state index in [0.29, 0.717) is 47.5 Å². The van der Waals surface area contributed by atoms with Crippen molar-refractivity contribution in [2.75, 3.05) is 30.4 Å². The molecule has 2 N–H and O–H groups in total. The predicted molar refractivity (Wildman–Crippen MR) is 133 cm³/mol. The van der Waals surface area contributed by atoms with E-state index in [1.165, 1.54) is 11.3 Å². The monoisotopic (exact) mass is 538 g/mol. The Bertz CT molecular complexity index is 960. The lowest BCUT2D eigenvalue weighted by Crippen LogP contribution is -2.51. The summed E-state index contributed by atoms with van der Waals surface area (Å²) in [6, 6.07) is 6.57. The number of carbonyl (C=O) groups excluding carboxylic acids is 3. The van der Waals surface area contributed by atoms with Gasteiger partial charge in [-0.25, -0.2) is 4.98 Å². The Hall–Kier alpha value is -1.91. The molecule has 3 rings (SSSR count). The Labute approximate surface area is 204 Å². The van der Waals surface area contributed by atoms with Crippen LogP contribution in [0.5, 0.6) is 0 Å². The highest BCUT2D eigenvalue weighted by molar-refractivity contribution is 9.10. The lowest BCUT2D eigenvalue weighted by molar-refractivity contribution is -0.136. The summed E-state index contributed by atoms with van der Waals surface area (Å²) in [6.07, 6.45) is 3.72. The number of nitrogens with one attached hydrogen (secondary N) is 2. The number of hydrogen-bond acceptors (Lipinski definition) is 6. The number of benzene rings is 1. The summed E-state index contributed by atoms with van der Waals surface area (Å²) in [5, 5.41) is 8.30. The molecule has 0 radical (unpaired) electrons. The maximum atomic E-state index is 13.2. The van der Waals surface area contributed by atoms with E-state index < -0.39 is 6.04 Å². The third kappa shape index (κ3) is 6.55. The van der Waals surface area contributed by atoms with Gasteiger partial charge in [-0.2, -0.15) is 11.8 Å². The highest BCUT2D eigenvalue weighted by Crippen LogP contribution is 2.22. The molecule has 1 aromatic heterocycles. The van der Waals surface area contributed by atoms with Crippen LogP contribution in [0.4, 0.5) is 5.13 Å². The molecule has 0 aliphatic carbocycles. The lowest BCUT2D eigenvalue weighted by atomic mass is 9.95. The number of carbonyl (C=O) groups is 3. The Morgan fingerprint density at radius 3 is 2.62 bits per heavy atom. The molecule has 2 heterocycles. The SMILES string of the molecule is CSCCC(NC(=O)c1ccccc1Br)C(=O)N1CCC(C(=O)Nc2nc(C)cs2)CC1. The number of amides is 3. The fraction of sp³-hybridized carbons (Fsp3) is 0.455.